The van der Waals surface area contributed by atoms with Crippen molar-refractivity contribution in [3.8, 4) is 0 Å². The molecule has 0 bridgehead atoms. The maximum Gasteiger partial charge on any atom is 0.228 e. The highest BCUT2D eigenvalue weighted by Gasteiger charge is 2.44. The van der Waals surface area contributed by atoms with E-state index in [-0.39, 0.29) is 23.7 Å². The van der Waals surface area contributed by atoms with Crippen molar-refractivity contribution in [2.24, 2.45) is 11.8 Å². The summed E-state index contributed by atoms with van der Waals surface area (Å²) < 4.78 is 0. The molecular weight excluding hydrogens is 372 g/mol. The lowest BCUT2D eigenvalue weighted by Crippen LogP contribution is -2.16. The number of nitrogens with one attached hydrogen (secondary N) is 2. The smallest absolute Gasteiger partial charge is 0.228 e. The number of carbonyl (C=O) groups excluding carboxylic acids is 2. The maximum absolute atomic E-state index is 12.6. The molecule has 0 aromatic heterocycles. The van der Waals surface area contributed by atoms with Crippen molar-refractivity contribution >= 4 is 23.2 Å². The summed E-state index contributed by atoms with van der Waals surface area (Å²) in [5.41, 5.74) is 3.87. The van der Waals surface area contributed by atoms with Crippen LogP contribution in [0.3, 0.4) is 0 Å². The summed E-state index contributed by atoms with van der Waals surface area (Å²) in [6, 6.07) is 27.7. The van der Waals surface area contributed by atoms with Crippen LogP contribution in [0.1, 0.15) is 35.8 Å². The predicted molar refractivity (Wildman–Crippen MR) is 118 cm³/mol. The van der Waals surface area contributed by atoms with Crippen LogP contribution in [0, 0.1) is 11.8 Å². The molecule has 2 fully saturated rings. The Balaban J connectivity index is 1.17. The zero-order valence-electron chi connectivity index (χ0n) is 16.6. The van der Waals surface area contributed by atoms with E-state index >= 15 is 0 Å². The van der Waals surface area contributed by atoms with Crippen molar-refractivity contribution in [1.82, 2.24) is 0 Å². The molecule has 0 radical (unpaired) electrons. The minimum Gasteiger partial charge on any atom is -0.326 e. The van der Waals surface area contributed by atoms with Gasteiger partial charge in [-0.15, -0.1) is 0 Å². The molecule has 4 nitrogen and oxygen atoms in total. The van der Waals surface area contributed by atoms with Gasteiger partial charge in [0, 0.05) is 23.2 Å². The Morgan fingerprint density at radius 2 is 1.03 bits per heavy atom. The molecule has 2 amide bonds. The SMILES string of the molecule is O=C(Nc1cccc(NC(=O)[C@@H]2C[C@@H]2c2ccccc2)c1)[C@@H]1C[C@@H]1c1ccccc1. The van der Waals surface area contributed by atoms with E-state index in [4.69, 9.17) is 0 Å². The molecule has 2 N–H and O–H groups in total. The molecule has 150 valence electrons. The first-order valence-electron chi connectivity index (χ1n) is 10.5. The third-order valence-electron chi connectivity index (χ3n) is 6.11. The van der Waals surface area contributed by atoms with Crippen molar-refractivity contribution < 1.29 is 9.59 Å². The fraction of sp³-hybridized carbons (Fsp3) is 0.231. The Morgan fingerprint density at radius 1 is 0.600 bits per heavy atom. The van der Waals surface area contributed by atoms with E-state index in [0.29, 0.717) is 23.2 Å². The van der Waals surface area contributed by atoms with Gasteiger partial charge in [0.25, 0.3) is 0 Å². The fourth-order valence-corrected chi connectivity index (χ4v) is 4.25. The molecular formula is C26H24N2O2. The quantitative estimate of drug-likeness (QED) is 0.604. The van der Waals surface area contributed by atoms with Gasteiger partial charge in [0.15, 0.2) is 0 Å². The summed E-state index contributed by atoms with van der Waals surface area (Å²) in [6.07, 6.45) is 1.77. The number of carbonyl (C=O) groups is 2. The molecule has 4 atom stereocenters. The Morgan fingerprint density at radius 3 is 1.47 bits per heavy atom. The van der Waals surface area contributed by atoms with E-state index in [9.17, 15) is 9.59 Å². The second-order valence-electron chi connectivity index (χ2n) is 8.28. The van der Waals surface area contributed by atoms with Crippen LogP contribution in [-0.4, -0.2) is 11.8 Å². The predicted octanol–water partition coefficient (Wildman–Crippen LogP) is 5.17. The lowest BCUT2D eigenvalue weighted by molar-refractivity contribution is -0.118. The monoisotopic (exact) mass is 396 g/mol. The number of hydrogen-bond acceptors (Lipinski definition) is 2. The maximum atomic E-state index is 12.6. The molecule has 4 heteroatoms. The highest BCUT2D eigenvalue weighted by molar-refractivity contribution is 5.98. The van der Waals surface area contributed by atoms with E-state index in [1.54, 1.807) is 0 Å². The zero-order valence-corrected chi connectivity index (χ0v) is 16.6. The van der Waals surface area contributed by atoms with Gasteiger partial charge < -0.3 is 10.6 Å². The van der Waals surface area contributed by atoms with Gasteiger partial charge in [0.1, 0.15) is 0 Å². The molecule has 0 spiro atoms. The third-order valence-corrected chi connectivity index (χ3v) is 6.11. The lowest BCUT2D eigenvalue weighted by atomic mass is 10.1. The fourth-order valence-electron chi connectivity index (χ4n) is 4.25. The average Bonchev–Trinajstić information content (AvgIpc) is 3.69. The van der Waals surface area contributed by atoms with Crippen molar-refractivity contribution in [3.05, 3.63) is 96.1 Å². The summed E-state index contributed by atoms with van der Waals surface area (Å²) in [5.74, 6) is 0.725. The third kappa shape index (κ3) is 3.99. The van der Waals surface area contributed by atoms with Crippen LogP contribution >= 0.6 is 0 Å². The topological polar surface area (TPSA) is 58.2 Å². The van der Waals surface area contributed by atoms with Crippen LogP contribution in [-0.2, 0) is 9.59 Å². The number of benzene rings is 3. The van der Waals surface area contributed by atoms with E-state index in [1.165, 1.54) is 11.1 Å². The van der Waals surface area contributed by atoms with Crippen LogP contribution in [0.5, 0.6) is 0 Å². The van der Waals surface area contributed by atoms with Gasteiger partial charge >= 0.3 is 0 Å². The largest absolute Gasteiger partial charge is 0.326 e. The minimum atomic E-state index is 0.0174. The summed E-state index contributed by atoms with van der Waals surface area (Å²) >= 11 is 0. The molecule has 0 aliphatic heterocycles. The van der Waals surface area contributed by atoms with E-state index in [0.717, 1.165) is 12.8 Å². The molecule has 30 heavy (non-hydrogen) atoms. The van der Waals surface area contributed by atoms with Gasteiger partial charge in [0.05, 0.1) is 0 Å². The van der Waals surface area contributed by atoms with Crippen molar-refractivity contribution in [3.63, 3.8) is 0 Å². The summed E-state index contributed by atoms with van der Waals surface area (Å²) in [7, 11) is 0. The van der Waals surface area contributed by atoms with Crippen LogP contribution in [0.25, 0.3) is 0 Å². The lowest BCUT2D eigenvalue weighted by Gasteiger charge is -2.09. The van der Waals surface area contributed by atoms with Gasteiger partial charge in [-0.3, -0.25) is 9.59 Å². The summed E-state index contributed by atoms with van der Waals surface area (Å²) in [6.45, 7) is 0. The van der Waals surface area contributed by atoms with Crippen LogP contribution in [0.4, 0.5) is 11.4 Å². The molecule has 0 unspecified atom stereocenters. The molecule has 0 saturated heterocycles. The van der Waals surface area contributed by atoms with Gasteiger partial charge in [-0.05, 0) is 54.0 Å². The second kappa shape index (κ2) is 7.79. The zero-order chi connectivity index (χ0) is 20.5. The average molecular weight is 396 g/mol. The molecule has 3 aromatic rings. The normalized spacial score (nSPS) is 24.0. The Bertz CT molecular complexity index is 982. The van der Waals surface area contributed by atoms with Crippen LogP contribution in [0.2, 0.25) is 0 Å². The van der Waals surface area contributed by atoms with E-state index in [2.05, 4.69) is 34.9 Å². The van der Waals surface area contributed by atoms with Crippen LogP contribution < -0.4 is 10.6 Å². The Hall–Kier alpha value is -3.40. The second-order valence-corrected chi connectivity index (χ2v) is 8.28. The number of hydrogen-bond donors (Lipinski definition) is 2. The van der Waals surface area contributed by atoms with Gasteiger partial charge in [0.2, 0.25) is 11.8 Å². The van der Waals surface area contributed by atoms with Crippen LogP contribution in [0.15, 0.2) is 84.9 Å². The molecule has 2 saturated carbocycles. The number of anilines is 2. The number of rotatable bonds is 6. The van der Waals surface area contributed by atoms with Gasteiger partial charge in [-0.25, -0.2) is 0 Å². The first-order valence-corrected chi connectivity index (χ1v) is 10.5. The Kier molecular flexibility index (Phi) is 4.83. The van der Waals surface area contributed by atoms with Crippen molar-refractivity contribution in [1.29, 1.82) is 0 Å². The molecule has 2 aliphatic rings. The van der Waals surface area contributed by atoms with Crippen molar-refractivity contribution in [2.75, 3.05) is 10.6 Å². The number of amides is 2. The summed E-state index contributed by atoms with van der Waals surface area (Å²) in [4.78, 5) is 25.2. The molecule has 0 heterocycles. The van der Waals surface area contributed by atoms with E-state index < -0.39 is 0 Å². The van der Waals surface area contributed by atoms with E-state index in [1.807, 2.05) is 60.7 Å². The molecule has 5 rings (SSSR count). The first kappa shape index (κ1) is 18.6. The van der Waals surface area contributed by atoms with Gasteiger partial charge in [-0.1, -0.05) is 66.7 Å². The molecule has 3 aromatic carbocycles. The highest BCUT2D eigenvalue weighted by Crippen LogP contribution is 2.48. The first-order chi connectivity index (χ1) is 14.7. The highest BCUT2D eigenvalue weighted by atomic mass is 16.2. The van der Waals surface area contributed by atoms with Gasteiger partial charge in [-0.2, -0.15) is 0 Å². The molecule has 2 aliphatic carbocycles. The standard InChI is InChI=1S/C26H24N2O2/c29-25(23-15-21(23)17-8-3-1-4-9-17)27-19-12-7-13-20(14-19)28-26(30)24-16-22(24)18-10-5-2-6-11-18/h1-14,21-24H,15-16H2,(H,27,29)(H,28,30)/t21-,22-,23-,24-/m1/s1. The Labute approximate surface area is 176 Å². The minimum absolute atomic E-state index is 0.0174. The van der Waals surface area contributed by atoms with Crippen molar-refractivity contribution in [2.45, 2.75) is 24.7 Å². The summed E-state index contributed by atoms with van der Waals surface area (Å²) in [5, 5.41) is 6.01.